The molecular formula is C44H46BBr3Cl2F2N8O8S2. The summed E-state index contributed by atoms with van der Waals surface area (Å²) in [5.74, 6) is -0.770. The highest BCUT2D eigenvalue weighted by atomic mass is 79.9. The smallest absolute Gasteiger partial charge is 0.369 e. The maximum atomic E-state index is 13.3. The Morgan fingerprint density at radius 1 is 0.700 bits per heavy atom. The van der Waals surface area contributed by atoms with Crippen LogP contribution in [0.4, 0.5) is 29.7 Å². The van der Waals surface area contributed by atoms with Gasteiger partial charge in [-0.15, -0.1) is 70.5 Å². The Hall–Kier alpha value is -4.72. The number of benzene rings is 4. The summed E-state index contributed by atoms with van der Waals surface area (Å²) in [7, 11) is -5.55. The van der Waals surface area contributed by atoms with Gasteiger partial charge in [0.2, 0.25) is 0 Å². The van der Waals surface area contributed by atoms with Crippen molar-refractivity contribution in [3.63, 3.8) is 0 Å². The molecule has 0 aliphatic carbocycles. The van der Waals surface area contributed by atoms with Gasteiger partial charge in [0.15, 0.2) is 19.7 Å². The number of fused-ring (bicyclic) bond motifs is 2. The Labute approximate surface area is 439 Å². The number of ether oxygens (including phenoxy) is 1. The number of nitrogens with one attached hydrogen (secondary N) is 2. The van der Waals surface area contributed by atoms with Gasteiger partial charge in [-0.05, 0) is 110 Å². The van der Waals surface area contributed by atoms with Crippen molar-refractivity contribution in [3.05, 3.63) is 131 Å². The van der Waals surface area contributed by atoms with Crippen molar-refractivity contribution in [1.29, 1.82) is 0 Å². The first-order chi connectivity index (χ1) is 33.2. The van der Waals surface area contributed by atoms with Crippen molar-refractivity contribution in [3.8, 4) is 22.9 Å². The molecule has 70 heavy (non-hydrogen) atoms. The number of nitrogens with zero attached hydrogens (tertiary/aromatic N) is 6. The topological polar surface area (TPSA) is 198 Å². The van der Waals surface area contributed by atoms with Crippen molar-refractivity contribution in [2.75, 3.05) is 47.8 Å². The van der Waals surface area contributed by atoms with E-state index in [-0.39, 0.29) is 66.6 Å². The summed E-state index contributed by atoms with van der Waals surface area (Å²) in [5, 5.41) is 24.6. The number of alkyl halides is 2. The molecular weight excluding hydrogens is 1190 g/mol. The lowest BCUT2D eigenvalue weighted by atomic mass is 10.1. The van der Waals surface area contributed by atoms with E-state index in [1.165, 1.54) is 49.6 Å². The third-order valence-electron chi connectivity index (χ3n) is 10.4. The van der Waals surface area contributed by atoms with Crippen molar-refractivity contribution in [2.24, 2.45) is 0 Å². The second kappa shape index (κ2) is 25.6. The molecule has 0 saturated carbocycles. The summed E-state index contributed by atoms with van der Waals surface area (Å²) in [5.41, 5.74) is 5.87. The highest BCUT2D eigenvalue weighted by molar-refractivity contribution is 9.69. The predicted octanol–water partition coefficient (Wildman–Crippen LogP) is 9.45. The molecule has 6 aromatic rings. The number of hydrogen-bond acceptors (Lipinski definition) is 10. The Kier molecular flexibility index (Phi) is 20.6. The molecule has 0 spiro atoms. The third-order valence-corrected chi connectivity index (χ3v) is 12.7. The number of methoxy groups -OCH3 is 1. The van der Waals surface area contributed by atoms with Crippen molar-refractivity contribution < 1.29 is 45.0 Å². The van der Waals surface area contributed by atoms with Crippen LogP contribution in [-0.2, 0) is 45.6 Å². The number of aromatic nitrogens is 4. The summed E-state index contributed by atoms with van der Waals surface area (Å²) in [6.07, 6.45) is 8.39. The molecule has 4 amide bonds. The maximum Gasteiger partial charge on any atom is 0.369 e. The van der Waals surface area contributed by atoms with Gasteiger partial charge in [0.25, 0.3) is 0 Å². The van der Waals surface area contributed by atoms with Gasteiger partial charge in [-0.1, -0.05) is 12.1 Å². The number of urea groups is 2. The molecule has 3 N–H and O–H groups in total. The molecule has 0 fully saturated rings. The number of hydrogen-bond donors (Lipinski definition) is 3. The molecule has 26 heteroatoms. The molecule has 0 radical (unpaired) electrons. The van der Waals surface area contributed by atoms with Gasteiger partial charge in [0.1, 0.15) is 32.9 Å². The molecule has 0 saturated heterocycles. The van der Waals surface area contributed by atoms with Crippen LogP contribution in [-0.4, -0.2) is 94.8 Å². The molecule has 0 atom stereocenters. The highest BCUT2D eigenvalue weighted by Crippen LogP contribution is 2.31. The Morgan fingerprint density at radius 2 is 1.09 bits per heavy atom. The fourth-order valence-electron chi connectivity index (χ4n) is 7.39. The molecule has 4 heterocycles. The van der Waals surface area contributed by atoms with Gasteiger partial charge in [0.05, 0.1) is 59.0 Å². The number of phenols is 1. The van der Waals surface area contributed by atoms with E-state index in [0.29, 0.717) is 41.3 Å². The zero-order chi connectivity index (χ0) is 51.3. The first kappa shape index (κ1) is 56.2. The lowest BCUT2D eigenvalue weighted by molar-refractivity contribution is 0.244. The summed E-state index contributed by atoms with van der Waals surface area (Å²) >= 11 is 18.8. The Balaban J connectivity index is 0.000000230. The number of amides is 4. The van der Waals surface area contributed by atoms with Crippen LogP contribution in [0.15, 0.2) is 107 Å². The fourth-order valence-corrected chi connectivity index (χ4v) is 8.97. The van der Waals surface area contributed by atoms with Crippen molar-refractivity contribution >= 4 is 117 Å². The van der Waals surface area contributed by atoms with Crippen LogP contribution in [0, 0.1) is 11.6 Å². The molecule has 2 aliphatic heterocycles. The maximum absolute atomic E-state index is 13.3. The molecule has 16 nitrogen and oxygen atoms in total. The van der Waals surface area contributed by atoms with E-state index in [1.54, 1.807) is 74.0 Å². The first-order valence-corrected chi connectivity index (χ1v) is 28.5. The van der Waals surface area contributed by atoms with Gasteiger partial charge in [0, 0.05) is 38.7 Å². The second-order valence-corrected chi connectivity index (χ2v) is 26.4. The summed E-state index contributed by atoms with van der Waals surface area (Å²) in [6.45, 7) is 1.39. The number of sulfone groups is 2. The van der Waals surface area contributed by atoms with Crippen LogP contribution in [0.5, 0.6) is 11.5 Å². The number of anilines is 2. The number of halogens is 7. The summed E-state index contributed by atoms with van der Waals surface area (Å²) < 4.78 is 82.3. The predicted molar refractivity (Wildman–Crippen MR) is 279 cm³/mol. The minimum Gasteiger partial charge on any atom is -0.507 e. The van der Waals surface area contributed by atoms with Gasteiger partial charge >= 0.3 is 15.2 Å². The fraction of sp³-hybridized carbons (Fsp3) is 0.273. The average Bonchev–Trinajstić information content (AvgIpc) is 3.95. The first-order valence-electron chi connectivity index (χ1n) is 20.9. The van der Waals surface area contributed by atoms with E-state index in [2.05, 4.69) is 68.1 Å². The lowest BCUT2D eigenvalue weighted by Gasteiger charge is -2.27. The van der Waals surface area contributed by atoms with Gasteiger partial charge in [-0.25, -0.2) is 44.6 Å². The zero-order valence-corrected chi connectivity index (χ0v) is 45.5. The Bertz CT molecular complexity index is 2990. The molecule has 374 valence electrons. The lowest BCUT2D eigenvalue weighted by Crippen LogP contribution is -2.42. The quantitative estimate of drug-likeness (QED) is 0.0926. The summed E-state index contributed by atoms with van der Waals surface area (Å²) in [6, 6.07) is 20.3. The van der Waals surface area contributed by atoms with Gasteiger partial charge < -0.3 is 20.5 Å². The molecule has 2 aromatic heterocycles. The molecule has 0 bridgehead atoms. The largest absolute Gasteiger partial charge is 0.507 e. The van der Waals surface area contributed by atoms with Gasteiger partial charge in [-0.3, -0.25) is 9.80 Å². The van der Waals surface area contributed by atoms with Crippen LogP contribution in [0.2, 0.25) is 0 Å². The standard InChI is InChI=1S/C22H23FN4O4S.C21H21FN4O4S.CH2Cl2.BBr3/c1-31-20-12-15(5-10-21(20)32(2,29)30)13-24-22(28)26-11-3-4-18-19(26)14-25-27(18)17-8-6-16(23)7-9-17;1-31(29,30)20-9-4-14(11-19(20)27)12-23-21(28)25-10-2-3-17-18(25)13-24-26(17)16-7-5-15(22)6-8-16;2-1-3;2-1(3)4/h5-10,12,14H,3-4,11,13H2,1-2H3,(H,24,28);4-9,11,13,27H,2-3,10,12H2,1H3,(H,23,28);1H2;. The minimum absolute atomic E-state index is 0.101. The average molecular weight is 1240 g/mol. The van der Waals surface area contributed by atoms with Crippen LogP contribution in [0.25, 0.3) is 11.4 Å². The SMILES string of the molecule is BrB(Br)Br.COc1cc(CNC(=O)N2CCCc3c2cnn3-c2ccc(F)cc2)ccc1S(C)(=O)=O.CS(=O)(=O)c1ccc(CNC(=O)N2CCCc3c2cnn3-c2ccc(F)cc2)cc1O.ClCCl. The molecule has 2 aliphatic rings. The van der Waals surface area contributed by atoms with E-state index < -0.39 is 19.7 Å². The summed E-state index contributed by atoms with van der Waals surface area (Å²) in [4.78, 5) is 28.9. The van der Waals surface area contributed by atoms with Gasteiger partial charge in [-0.2, -0.15) is 10.2 Å². The second-order valence-electron chi connectivity index (χ2n) is 15.2. The number of rotatable bonds is 9. The number of carbonyl (C=O) groups is 2. The molecule has 0 unspecified atom stereocenters. The van der Waals surface area contributed by atoms with E-state index >= 15 is 0 Å². The number of phenolic OH excluding ortho intramolecular Hbond substituents is 1. The number of aromatic hydroxyl groups is 1. The third kappa shape index (κ3) is 15.2. The number of carbonyl (C=O) groups excluding carboxylic acids is 2. The van der Waals surface area contributed by atoms with E-state index in [0.717, 1.165) is 55.3 Å². The minimum atomic E-state index is -3.53. The van der Waals surface area contributed by atoms with Crippen LogP contribution in [0.3, 0.4) is 0 Å². The van der Waals surface area contributed by atoms with Crippen LogP contribution in [0.1, 0.15) is 35.4 Å². The van der Waals surface area contributed by atoms with Crippen LogP contribution < -0.4 is 25.2 Å². The zero-order valence-electron chi connectivity index (χ0n) is 37.6. The molecule has 8 rings (SSSR count). The van der Waals surface area contributed by atoms with Crippen molar-refractivity contribution in [2.45, 2.75) is 48.6 Å². The Morgan fingerprint density at radius 3 is 1.46 bits per heavy atom. The monoisotopic (exact) mass is 1230 g/mol. The van der Waals surface area contributed by atoms with Crippen LogP contribution >= 0.6 is 70.5 Å². The molecule has 4 aromatic carbocycles. The van der Waals surface area contributed by atoms with E-state index in [1.807, 2.05) is 0 Å². The van der Waals surface area contributed by atoms with E-state index in [4.69, 9.17) is 27.9 Å². The van der Waals surface area contributed by atoms with Crippen molar-refractivity contribution in [1.82, 2.24) is 30.2 Å². The van der Waals surface area contributed by atoms with E-state index in [9.17, 15) is 40.3 Å². The normalized spacial score (nSPS) is 12.9. The highest BCUT2D eigenvalue weighted by Gasteiger charge is 2.28.